The lowest BCUT2D eigenvalue weighted by Gasteiger charge is -2.43. The quantitative estimate of drug-likeness (QED) is 0.177. The summed E-state index contributed by atoms with van der Waals surface area (Å²) < 4.78 is 48.4. The predicted molar refractivity (Wildman–Crippen MR) is 179 cm³/mol. The van der Waals surface area contributed by atoms with Crippen LogP contribution in [0.25, 0.3) is 0 Å². The van der Waals surface area contributed by atoms with E-state index in [1.165, 1.54) is 0 Å². The molecule has 37 heavy (non-hydrogen) atoms. The van der Waals surface area contributed by atoms with Crippen LogP contribution >= 0.6 is 0 Å². The van der Waals surface area contributed by atoms with Crippen LogP contribution in [0.2, 0.25) is 83.6 Å². The van der Waals surface area contributed by atoms with E-state index in [0.717, 1.165) is 18.9 Å². The van der Waals surface area contributed by atoms with Crippen LogP contribution in [0.5, 0.6) is 0 Å². The fourth-order valence-electron chi connectivity index (χ4n) is 3.61. The van der Waals surface area contributed by atoms with Gasteiger partial charge in [0.15, 0.2) is 17.4 Å². The van der Waals surface area contributed by atoms with Gasteiger partial charge in [0.2, 0.25) is 0 Å². The van der Waals surface area contributed by atoms with Gasteiger partial charge in [-0.1, -0.05) is 58.7 Å². The molecule has 0 spiro atoms. The minimum Gasteiger partial charge on any atom is -0.526 e. The van der Waals surface area contributed by atoms with E-state index in [-0.39, 0.29) is 10.8 Å². The summed E-state index contributed by atoms with van der Waals surface area (Å²) in [6.07, 6.45) is 1.83. The minimum absolute atomic E-state index is 0.0505. The Kier molecular flexibility index (Phi) is 22.7. The van der Waals surface area contributed by atoms with E-state index in [4.69, 9.17) is 13.3 Å². The molecule has 0 saturated carbocycles. The summed E-state index contributed by atoms with van der Waals surface area (Å²) in [5.41, 5.74) is 0.747. The van der Waals surface area contributed by atoms with Crippen LogP contribution in [0.3, 0.4) is 0 Å². The molecule has 0 bridgehead atoms. The van der Waals surface area contributed by atoms with E-state index >= 15 is 0 Å². The standard InChI is InChI=1S/C11H28OSi2.C7H20OSi2.C5H14O4Si4/c1-10(13(4,5)6)11(2,3)12-14(7,8)9;1-7(2,9(3)4)8-10(5)6;1-12(13(8)11-7)5-3-2-4-9-10-6/h10H,1-9H3;9-10H,1-6H3;10-12H,2-5H2,1H3. The van der Waals surface area contributed by atoms with Crippen LogP contribution in [0, 0.1) is 0 Å². The Labute approximate surface area is 243 Å². The largest absolute Gasteiger partial charge is 0.526 e. The zero-order chi connectivity index (χ0) is 30.3. The zero-order valence-electron chi connectivity index (χ0n) is 27.2. The van der Waals surface area contributed by atoms with Crippen molar-refractivity contribution in [1.29, 1.82) is 0 Å². The van der Waals surface area contributed by atoms with Crippen LogP contribution in [-0.4, -0.2) is 86.3 Å². The fourth-order valence-corrected chi connectivity index (χ4v) is 18.2. The molecule has 0 radical (unpaired) electrons. The molecule has 0 aliphatic carbocycles. The third kappa shape index (κ3) is 24.4. The highest BCUT2D eigenvalue weighted by atomic mass is 29.6. The number of unbranched alkanes of at least 4 members (excludes halogenated alkanes) is 1. The maximum absolute atomic E-state index is 11.1. The van der Waals surface area contributed by atoms with E-state index in [1.54, 1.807) is 0 Å². The van der Waals surface area contributed by atoms with Crippen molar-refractivity contribution in [3.05, 3.63) is 0 Å². The van der Waals surface area contributed by atoms with Crippen molar-refractivity contribution < 1.29 is 26.7 Å². The first-order valence-electron chi connectivity index (χ1n) is 13.9. The number of hydrogen-bond donors (Lipinski definition) is 0. The minimum atomic E-state index is -1.68. The van der Waals surface area contributed by atoms with E-state index in [1.807, 2.05) is 6.55 Å². The van der Waals surface area contributed by atoms with Crippen LogP contribution in [-0.2, 0) is 26.7 Å². The smallest absolute Gasteiger partial charge is 0.487 e. The van der Waals surface area contributed by atoms with E-state index in [0.29, 0.717) is 12.1 Å². The van der Waals surface area contributed by atoms with Crippen molar-refractivity contribution in [1.82, 2.24) is 0 Å². The summed E-state index contributed by atoms with van der Waals surface area (Å²) in [6.45, 7) is 37.1. The molecule has 0 aliphatic heterocycles. The highest BCUT2D eigenvalue weighted by Gasteiger charge is 2.39. The molecule has 14 heteroatoms. The molecule has 0 rings (SSSR count). The lowest BCUT2D eigenvalue weighted by molar-refractivity contribution is 0.0946. The first kappa shape index (κ1) is 42.3. The molecule has 0 saturated heterocycles. The molecule has 222 valence electrons. The van der Waals surface area contributed by atoms with Gasteiger partial charge in [-0.05, 0) is 72.4 Å². The predicted octanol–water partition coefficient (Wildman–Crippen LogP) is 5.25. The molecular weight excluding hydrogens is 597 g/mol. The second-order valence-corrected chi connectivity index (χ2v) is 42.8. The van der Waals surface area contributed by atoms with Crippen LogP contribution in [0.4, 0.5) is 0 Å². The van der Waals surface area contributed by atoms with Crippen molar-refractivity contribution >= 4 is 68.8 Å². The molecule has 0 heterocycles. The normalized spacial score (nSPS) is 14.1. The van der Waals surface area contributed by atoms with E-state index in [2.05, 4.69) is 100 Å². The van der Waals surface area contributed by atoms with Gasteiger partial charge in [-0.2, -0.15) is 0 Å². The molecule has 0 amide bonds. The van der Waals surface area contributed by atoms with Gasteiger partial charge in [0.05, 0.1) is 37.4 Å². The molecule has 0 aromatic carbocycles. The van der Waals surface area contributed by atoms with Gasteiger partial charge >= 0.3 is 18.6 Å². The molecule has 6 nitrogen and oxygen atoms in total. The fraction of sp³-hybridized carbons (Fsp3) is 1.00. The maximum Gasteiger partial charge on any atom is 0.487 e. The van der Waals surface area contributed by atoms with Crippen LogP contribution in [0.15, 0.2) is 0 Å². The molecule has 2 unspecified atom stereocenters. The molecule has 0 aliphatic rings. The van der Waals surface area contributed by atoms with Crippen molar-refractivity contribution in [3.63, 3.8) is 0 Å². The van der Waals surface area contributed by atoms with Gasteiger partial charge in [-0.25, -0.2) is 0 Å². The summed E-state index contributed by atoms with van der Waals surface area (Å²) in [5.74, 6) is 0. The Bertz CT molecular complexity index is 646. The Morgan fingerprint density at radius 1 is 0.892 bits per heavy atom. The van der Waals surface area contributed by atoms with Gasteiger partial charge in [-0.3, -0.25) is 0 Å². The first-order valence-corrected chi connectivity index (χ1v) is 34.9. The molecule has 0 fully saturated rings. The molecule has 0 N–H and O–H groups in total. The second kappa shape index (κ2) is 19.9. The van der Waals surface area contributed by atoms with Crippen LogP contribution < -0.4 is 0 Å². The topological polar surface area (TPSA) is 78.9 Å². The second-order valence-electron chi connectivity index (χ2n) is 13.7. The van der Waals surface area contributed by atoms with Gasteiger partial charge in [0, 0.05) is 5.22 Å². The summed E-state index contributed by atoms with van der Waals surface area (Å²) in [7, 11) is -8.96. The summed E-state index contributed by atoms with van der Waals surface area (Å²) in [4.78, 5) is 0. The van der Waals surface area contributed by atoms with Gasteiger partial charge < -0.3 is 26.7 Å². The van der Waals surface area contributed by atoms with E-state index in [9.17, 15) is 13.4 Å². The Balaban J connectivity index is -0.000000476. The van der Waals surface area contributed by atoms with Gasteiger partial charge in [0.25, 0.3) is 7.72 Å². The molecule has 0 aromatic heterocycles. The third-order valence-electron chi connectivity index (χ3n) is 6.66. The van der Waals surface area contributed by atoms with Crippen molar-refractivity contribution in [2.45, 2.75) is 142 Å². The Hall–Kier alpha value is 0.855. The highest BCUT2D eigenvalue weighted by molar-refractivity contribution is 7.35. The number of rotatable bonds is 15. The molecule has 0 aromatic rings. The number of hydrogen-bond acceptors (Lipinski definition) is 6. The summed E-state index contributed by atoms with van der Waals surface area (Å²) >= 11 is 0. The average Bonchev–Trinajstić information content (AvgIpc) is 2.69. The monoisotopic (exact) mass is 658 g/mol. The molecular formula is C23H62O6Si8. The SMILES string of the molecule is CC(C(C)(C)O[Si](C)(C)C)[Si](C)(C)C.C[SiH](C)OC(C)(C)[SiH](C)C.C[SiH](CCCCO[SiH]=O)[Si](=O)[SiH]=O. The average molecular weight is 659 g/mol. The van der Waals surface area contributed by atoms with Crippen molar-refractivity contribution in [2.24, 2.45) is 0 Å². The first-order chi connectivity index (χ1) is 16.4. The highest BCUT2D eigenvalue weighted by Crippen LogP contribution is 2.37. The lowest BCUT2D eigenvalue weighted by Crippen LogP contribution is -2.47. The maximum atomic E-state index is 11.1. The zero-order valence-corrected chi connectivity index (χ0v) is 36.0. The summed E-state index contributed by atoms with van der Waals surface area (Å²) in [6, 6.07) is 0.963. The Morgan fingerprint density at radius 3 is 1.68 bits per heavy atom. The van der Waals surface area contributed by atoms with Crippen molar-refractivity contribution in [3.8, 4) is 0 Å². The Morgan fingerprint density at radius 2 is 1.38 bits per heavy atom. The van der Waals surface area contributed by atoms with Crippen molar-refractivity contribution in [2.75, 3.05) is 6.61 Å². The van der Waals surface area contributed by atoms with Gasteiger partial charge in [-0.15, -0.1) is 0 Å². The summed E-state index contributed by atoms with van der Waals surface area (Å²) in [5, 5.41) is 0.223. The lowest BCUT2D eigenvalue weighted by atomic mass is 10.1. The molecule has 2 atom stereocenters. The third-order valence-corrected chi connectivity index (χ3v) is 29.0. The van der Waals surface area contributed by atoms with E-state index < -0.39 is 68.8 Å². The van der Waals surface area contributed by atoms with Gasteiger partial charge in [0.1, 0.15) is 0 Å². The van der Waals surface area contributed by atoms with Crippen LogP contribution in [0.1, 0.15) is 47.5 Å².